The first-order valence-electron chi connectivity index (χ1n) is 4.80. The number of nitrogens with one attached hydrogen (secondary N) is 1. The molecule has 0 radical (unpaired) electrons. The monoisotopic (exact) mass is 197 g/mol. The lowest BCUT2D eigenvalue weighted by Crippen LogP contribution is -2.42. The van der Waals surface area contributed by atoms with Gasteiger partial charge in [0.15, 0.2) is 0 Å². The molecule has 0 aromatic heterocycles. The maximum absolute atomic E-state index is 11.1. The lowest BCUT2D eigenvalue weighted by molar-refractivity contribution is 0.0480. The van der Waals surface area contributed by atoms with Crippen LogP contribution in [0.1, 0.15) is 40.0 Å². The molecule has 14 heavy (non-hydrogen) atoms. The fraction of sp³-hybridized carbons (Fsp3) is 0.727. The number of ether oxygens (including phenoxy) is 1. The molecule has 1 aliphatic rings. The Bertz CT molecular complexity index is 199. The molecular weight excluding hydrogens is 178 g/mol. The maximum atomic E-state index is 11.1. The number of amides is 1. The molecule has 1 aliphatic carbocycles. The maximum Gasteiger partial charge on any atom is 0.407 e. The average Bonchev–Trinajstić information content (AvgIpc) is 1.98. The summed E-state index contributed by atoms with van der Waals surface area (Å²) < 4.78 is 5.09. The van der Waals surface area contributed by atoms with Gasteiger partial charge in [-0.1, -0.05) is 0 Å². The van der Waals surface area contributed by atoms with Crippen molar-refractivity contribution in [2.24, 2.45) is 0 Å². The molecule has 0 heterocycles. The molecule has 1 amide bonds. The second kappa shape index (κ2) is 5.54. The van der Waals surface area contributed by atoms with Gasteiger partial charge >= 0.3 is 6.09 Å². The highest BCUT2D eigenvalue weighted by Crippen LogP contribution is 2.18. The minimum absolute atomic E-state index is 0.285. The highest BCUT2D eigenvalue weighted by atomic mass is 16.6. The summed E-state index contributed by atoms with van der Waals surface area (Å²) >= 11 is 0. The molecule has 0 aromatic carbocycles. The van der Waals surface area contributed by atoms with E-state index < -0.39 is 0 Å². The molecular formula is C11H19NO2. The highest BCUT2D eigenvalue weighted by molar-refractivity contribution is 5.68. The van der Waals surface area contributed by atoms with Crippen LogP contribution in [-0.4, -0.2) is 17.7 Å². The molecule has 1 rings (SSSR count). The zero-order chi connectivity index (χ0) is 11.2. The molecule has 1 saturated carbocycles. The van der Waals surface area contributed by atoms with E-state index in [0.29, 0.717) is 6.04 Å². The van der Waals surface area contributed by atoms with Crippen molar-refractivity contribution in [3.8, 4) is 12.8 Å². The molecule has 0 aliphatic heterocycles. The van der Waals surface area contributed by atoms with Crippen LogP contribution in [0.3, 0.4) is 0 Å². The third-order valence-electron chi connectivity index (χ3n) is 1.83. The van der Waals surface area contributed by atoms with Crippen LogP contribution in [-0.2, 0) is 4.74 Å². The van der Waals surface area contributed by atoms with Gasteiger partial charge in [0.2, 0.25) is 0 Å². The predicted octanol–water partition coefficient (Wildman–Crippen LogP) is 2.31. The predicted molar refractivity (Wildman–Crippen MR) is 56.9 cm³/mol. The van der Waals surface area contributed by atoms with Crippen molar-refractivity contribution in [1.82, 2.24) is 5.32 Å². The van der Waals surface area contributed by atoms with Crippen LogP contribution in [0.5, 0.6) is 0 Å². The summed E-state index contributed by atoms with van der Waals surface area (Å²) in [5.41, 5.74) is -0.381. The first-order valence-corrected chi connectivity index (χ1v) is 4.80. The van der Waals surface area contributed by atoms with Gasteiger partial charge in [0, 0.05) is 6.04 Å². The summed E-state index contributed by atoms with van der Waals surface area (Å²) in [7, 11) is 0. The summed E-state index contributed by atoms with van der Waals surface area (Å²) in [5, 5.41) is 2.81. The number of terminal acetylenes is 1. The molecule has 0 spiro atoms. The molecule has 1 fully saturated rings. The van der Waals surface area contributed by atoms with Gasteiger partial charge in [-0.25, -0.2) is 4.79 Å². The zero-order valence-corrected chi connectivity index (χ0v) is 9.17. The first kappa shape index (κ1) is 12.8. The molecule has 80 valence electrons. The van der Waals surface area contributed by atoms with E-state index in [1.54, 1.807) is 0 Å². The van der Waals surface area contributed by atoms with E-state index in [-0.39, 0.29) is 11.7 Å². The fourth-order valence-corrected chi connectivity index (χ4v) is 1.03. The van der Waals surface area contributed by atoms with Crippen LogP contribution in [0, 0.1) is 12.8 Å². The smallest absolute Gasteiger partial charge is 0.407 e. The van der Waals surface area contributed by atoms with Crippen LogP contribution in [0.4, 0.5) is 4.79 Å². The quantitative estimate of drug-likeness (QED) is 0.655. The van der Waals surface area contributed by atoms with Crippen molar-refractivity contribution < 1.29 is 9.53 Å². The van der Waals surface area contributed by atoms with Gasteiger partial charge < -0.3 is 10.1 Å². The summed E-state index contributed by atoms with van der Waals surface area (Å²) in [6.45, 7) is 5.61. The Morgan fingerprint density at radius 3 is 2.14 bits per heavy atom. The summed E-state index contributed by atoms with van der Waals surface area (Å²) in [5.74, 6) is 0. The molecule has 0 unspecified atom stereocenters. The van der Waals surface area contributed by atoms with E-state index in [0.717, 1.165) is 12.8 Å². The van der Waals surface area contributed by atoms with Crippen molar-refractivity contribution in [3.05, 3.63) is 0 Å². The minimum atomic E-state index is -0.381. The molecule has 0 saturated heterocycles. The number of rotatable bonds is 1. The summed E-state index contributed by atoms with van der Waals surface area (Å²) in [6, 6.07) is 0.361. The fourth-order valence-electron chi connectivity index (χ4n) is 1.03. The van der Waals surface area contributed by atoms with Crippen LogP contribution >= 0.6 is 0 Å². The molecule has 1 N–H and O–H groups in total. The third-order valence-corrected chi connectivity index (χ3v) is 1.83. The average molecular weight is 197 g/mol. The Labute approximate surface area is 86.2 Å². The normalized spacial score (nSPS) is 15.8. The van der Waals surface area contributed by atoms with E-state index in [9.17, 15) is 4.79 Å². The molecule has 0 aromatic rings. The van der Waals surface area contributed by atoms with Gasteiger partial charge in [0.05, 0.1) is 0 Å². The first-order chi connectivity index (χ1) is 6.47. The van der Waals surface area contributed by atoms with Crippen molar-refractivity contribution >= 4 is 6.09 Å². The van der Waals surface area contributed by atoms with Gasteiger partial charge in [0.1, 0.15) is 5.60 Å². The second-order valence-electron chi connectivity index (χ2n) is 4.27. The van der Waals surface area contributed by atoms with Crippen LogP contribution in [0.2, 0.25) is 0 Å². The largest absolute Gasteiger partial charge is 0.444 e. The SMILES string of the molecule is C#C.CC(C)(C)OC(=O)NC1CCC1. The van der Waals surface area contributed by atoms with Crippen LogP contribution < -0.4 is 5.32 Å². The number of hydrogen-bond donors (Lipinski definition) is 1. The van der Waals surface area contributed by atoms with E-state index >= 15 is 0 Å². The van der Waals surface area contributed by atoms with E-state index in [2.05, 4.69) is 18.2 Å². The van der Waals surface area contributed by atoms with Crippen molar-refractivity contribution in [2.45, 2.75) is 51.7 Å². The number of carbonyl (C=O) groups is 1. The van der Waals surface area contributed by atoms with Crippen LogP contribution in [0.15, 0.2) is 0 Å². The Morgan fingerprint density at radius 1 is 1.36 bits per heavy atom. The van der Waals surface area contributed by atoms with E-state index in [4.69, 9.17) is 4.74 Å². The Balaban J connectivity index is 0.000000791. The lowest BCUT2D eigenvalue weighted by atomic mass is 9.93. The van der Waals surface area contributed by atoms with Gasteiger partial charge in [-0.2, -0.15) is 0 Å². The topological polar surface area (TPSA) is 38.3 Å². The van der Waals surface area contributed by atoms with E-state index in [1.807, 2.05) is 20.8 Å². The number of alkyl carbamates (subject to hydrolysis) is 1. The van der Waals surface area contributed by atoms with Crippen molar-refractivity contribution in [2.75, 3.05) is 0 Å². The van der Waals surface area contributed by atoms with Gasteiger partial charge in [-0.05, 0) is 40.0 Å². The molecule has 3 nitrogen and oxygen atoms in total. The Hall–Kier alpha value is -1.17. The van der Waals surface area contributed by atoms with Gasteiger partial charge in [-0.15, -0.1) is 12.8 Å². The van der Waals surface area contributed by atoms with Gasteiger partial charge in [0.25, 0.3) is 0 Å². The van der Waals surface area contributed by atoms with E-state index in [1.165, 1.54) is 6.42 Å². The van der Waals surface area contributed by atoms with Crippen molar-refractivity contribution in [3.63, 3.8) is 0 Å². The summed E-state index contributed by atoms with van der Waals surface area (Å²) in [4.78, 5) is 11.1. The highest BCUT2D eigenvalue weighted by Gasteiger charge is 2.22. The molecule has 3 heteroatoms. The lowest BCUT2D eigenvalue weighted by Gasteiger charge is -2.28. The number of hydrogen-bond acceptors (Lipinski definition) is 2. The zero-order valence-electron chi connectivity index (χ0n) is 9.17. The molecule has 0 bridgehead atoms. The Kier molecular flexibility index (Phi) is 5.07. The minimum Gasteiger partial charge on any atom is -0.444 e. The van der Waals surface area contributed by atoms with Gasteiger partial charge in [-0.3, -0.25) is 0 Å². The Morgan fingerprint density at radius 2 is 1.86 bits per heavy atom. The molecule has 0 atom stereocenters. The standard InChI is InChI=1S/C9H17NO2.C2H2/c1-9(2,3)12-8(11)10-7-5-4-6-7;1-2/h7H,4-6H2,1-3H3,(H,10,11);1-2H. The third kappa shape index (κ3) is 5.47. The van der Waals surface area contributed by atoms with Crippen molar-refractivity contribution in [1.29, 1.82) is 0 Å². The second-order valence-corrected chi connectivity index (χ2v) is 4.27. The number of carbonyl (C=O) groups excluding carboxylic acids is 1. The summed E-state index contributed by atoms with van der Waals surface area (Å²) in [6.07, 6.45) is 11.1. The van der Waals surface area contributed by atoms with Crippen LogP contribution in [0.25, 0.3) is 0 Å².